The Kier molecular flexibility index (Phi) is 14.6. The lowest BCUT2D eigenvalue weighted by Crippen LogP contribution is -2.54. The first-order valence-electron chi connectivity index (χ1n) is 20.2. The summed E-state index contributed by atoms with van der Waals surface area (Å²) in [5.41, 5.74) is 6.01. The van der Waals surface area contributed by atoms with Crippen molar-refractivity contribution in [3.05, 3.63) is 35.9 Å². The molecule has 60 heavy (non-hydrogen) atoms. The minimum atomic E-state index is -4.01. The number of hydrogen-bond acceptors (Lipinski definition) is 17. The quantitative estimate of drug-likeness (QED) is 0.288. The van der Waals surface area contributed by atoms with Crippen molar-refractivity contribution in [2.24, 2.45) is 5.73 Å². The lowest BCUT2D eigenvalue weighted by molar-refractivity contribution is -0.229. The largest absolute Gasteiger partial charge is 0.445 e. The highest BCUT2D eigenvalue weighted by Gasteiger charge is 2.57. The van der Waals surface area contributed by atoms with E-state index in [1.165, 1.54) is 22.8 Å². The van der Waals surface area contributed by atoms with E-state index in [-0.39, 0.29) is 38.4 Å². The smallest absolute Gasteiger partial charge is 0.407 e. The van der Waals surface area contributed by atoms with Crippen molar-refractivity contribution in [2.75, 3.05) is 53.6 Å². The van der Waals surface area contributed by atoms with Gasteiger partial charge in [0.2, 0.25) is 0 Å². The minimum absolute atomic E-state index is 0.154. The molecule has 0 bridgehead atoms. The van der Waals surface area contributed by atoms with Gasteiger partial charge in [-0.15, -0.1) is 0 Å². The molecule has 0 spiro atoms. The zero-order valence-corrected chi connectivity index (χ0v) is 37.2. The van der Waals surface area contributed by atoms with Crippen molar-refractivity contribution in [3.63, 3.8) is 0 Å². The third-order valence-corrected chi connectivity index (χ3v) is 14.2. The van der Waals surface area contributed by atoms with E-state index >= 15 is 0 Å². The Morgan fingerprint density at radius 2 is 1.12 bits per heavy atom. The zero-order valence-electron chi connectivity index (χ0n) is 35.6. The van der Waals surface area contributed by atoms with Crippen molar-refractivity contribution in [2.45, 2.75) is 146 Å². The maximum atomic E-state index is 12.8. The molecule has 6 saturated heterocycles. The molecule has 1 aromatic carbocycles. The van der Waals surface area contributed by atoms with E-state index in [2.05, 4.69) is 5.32 Å². The molecule has 7 rings (SSSR count). The first-order chi connectivity index (χ1) is 28.0. The first kappa shape index (κ1) is 47.4. The number of fused-ring (bicyclic) bond motifs is 2. The van der Waals surface area contributed by atoms with Crippen LogP contribution in [0.1, 0.15) is 72.8 Å². The van der Waals surface area contributed by atoms with Crippen molar-refractivity contribution < 1.29 is 72.6 Å². The van der Waals surface area contributed by atoms with Crippen molar-refractivity contribution in [3.8, 4) is 0 Å². The van der Waals surface area contributed by atoms with Gasteiger partial charge in [-0.2, -0.15) is 25.4 Å². The Labute approximate surface area is 353 Å². The van der Waals surface area contributed by atoms with Gasteiger partial charge in [0, 0.05) is 51.5 Å². The first-order valence-corrected chi connectivity index (χ1v) is 22.9. The predicted octanol–water partition coefficient (Wildman–Crippen LogP) is 1.87. The molecule has 0 saturated carbocycles. The Balaban J connectivity index is 0.000000213. The van der Waals surface area contributed by atoms with Gasteiger partial charge in [-0.05, 0) is 72.8 Å². The van der Waals surface area contributed by atoms with Crippen LogP contribution in [0.25, 0.3) is 0 Å². The third kappa shape index (κ3) is 11.7. The number of alkyl carbamates (subject to hydrolysis) is 1. The fourth-order valence-electron chi connectivity index (χ4n) is 7.94. The van der Waals surface area contributed by atoms with Crippen LogP contribution < -0.4 is 11.1 Å². The molecule has 1 aromatic rings. The van der Waals surface area contributed by atoms with Crippen LogP contribution in [0.2, 0.25) is 0 Å². The predicted molar refractivity (Wildman–Crippen MR) is 211 cm³/mol. The third-order valence-electron chi connectivity index (χ3n) is 11.4. The molecule has 1 amide bonds. The summed E-state index contributed by atoms with van der Waals surface area (Å²) in [6, 6.07) is 9.38. The van der Waals surface area contributed by atoms with E-state index in [9.17, 15) is 21.6 Å². The second kappa shape index (κ2) is 18.5. The maximum absolute atomic E-state index is 12.8. The summed E-state index contributed by atoms with van der Waals surface area (Å²) < 4.78 is 114. The molecule has 6 aliphatic heterocycles. The number of methoxy groups -OCH3 is 2. The van der Waals surface area contributed by atoms with Crippen LogP contribution in [0.3, 0.4) is 0 Å². The van der Waals surface area contributed by atoms with Crippen LogP contribution in [0.15, 0.2) is 30.3 Å². The molecular formula is C38H62N4O16S2. The second-order valence-corrected chi connectivity index (χ2v) is 20.6. The van der Waals surface area contributed by atoms with Gasteiger partial charge >= 0.3 is 26.7 Å². The van der Waals surface area contributed by atoms with Crippen LogP contribution in [0.4, 0.5) is 4.79 Å². The maximum Gasteiger partial charge on any atom is 0.407 e. The average molecular weight is 895 g/mol. The topological polar surface area (TPSA) is 231 Å². The van der Waals surface area contributed by atoms with Crippen molar-refractivity contribution >= 4 is 26.7 Å². The number of benzene rings is 1. The normalized spacial score (nSPS) is 33.4. The highest BCUT2D eigenvalue weighted by molar-refractivity contribution is 7.84. The van der Waals surface area contributed by atoms with Crippen molar-refractivity contribution in [1.82, 2.24) is 13.9 Å². The molecule has 6 heterocycles. The second-order valence-electron chi connectivity index (χ2n) is 17.4. The molecule has 0 radical (unpaired) electrons. The molecule has 22 heteroatoms. The monoisotopic (exact) mass is 894 g/mol. The summed E-state index contributed by atoms with van der Waals surface area (Å²) in [6.45, 7) is 11.8. The SMILES string of the molecule is CO[C@@H]1O[C@H](COS(=O)(=O)N2CCC(C)(N)CC2)[C@H]2OC(C)(C)O[C@@H]12.CO[C@@H]1O[C@H](COS(=O)(=O)N2CCC(C)(NC(=O)OCc3ccccc3)CC2)[C@H]2OC(C)(C)O[C@@H]12. The van der Waals surface area contributed by atoms with Crippen molar-refractivity contribution in [1.29, 1.82) is 0 Å². The number of nitrogens with one attached hydrogen (secondary N) is 1. The number of piperidine rings is 2. The van der Waals surface area contributed by atoms with Gasteiger partial charge in [-0.3, -0.25) is 8.37 Å². The Morgan fingerprint density at radius 1 is 0.700 bits per heavy atom. The molecule has 3 N–H and O–H groups in total. The Morgan fingerprint density at radius 3 is 1.55 bits per heavy atom. The van der Waals surface area contributed by atoms with Gasteiger partial charge in [-0.1, -0.05) is 30.3 Å². The summed E-state index contributed by atoms with van der Waals surface area (Å²) in [4.78, 5) is 12.3. The molecule has 0 aliphatic carbocycles. The van der Waals surface area contributed by atoms with Crippen LogP contribution in [-0.2, 0) is 78.2 Å². The highest BCUT2D eigenvalue weighted by Crippen LogP contribution is 2.40. The lowest BCUT2D eigenvalue weighted by atomic mass is 9.91. The number of nitrogens with two attached hydrogens (primary N) is 1. The average Bonchev–Trinajstić information content (AvgIpc) is 3.88. The lowest BCUT2D eigenvalue weighted by Gasteiger charge is -2.38. The number of nitrogens with zero attached hydrogens (tertiary/aromatic N) is 2. The molecule has 0 aromatic heterocycles. The molecule has 342 valence electrons. The molecule has 0 unspecified atom stereocenters. The van der Waals surface area contributed by atoms with E-state index in [1.807, 2.05) is 44.2 Å². The molecular weight excluding hydrogens is 833 g/mol. The summed E-state index contributed by atoms with van der Waals surface area (Å²) in [5, 5.41) is 2.87. The number of ether oxygens (including phenoxy) is 9. The molecule has 8 atom stereocenters. The van der Waals surface area contributed by atoms with E-state index in [1.54, 1.807) is 27.7 Å². The van der Waals surface area contributed by atoms with Crippen LogP contribution in [-0.4, -0.2) is 157 Å². The summed E-state index contributed by atoms with van der Waals surface area (Å²) in [5.74, 6) is -1.59. The van der Waals surface area contributed by atoms with Gasteiger partial charge < -0.3 is 53.7 Å². The van der Waals surface area contributed by atoms with Crippen LogP contribution in [0.5, 0.6) is 0 Å². The number of amides is 1. The summed E-state index contributed by atoms with van der Waals surface area (Å²) in [6.07, 6.45) is -2.86. The van der Waals surface area contributed by atoms with Gasteiger partial charge in [0.05, 0.1) is 13.2 Å². The van der Waals surface area contributed by atoms with E-state index < -0.39 is 93.0 Å². The number of hydrogen-bond donors (Lipinski definition) is 2. The van der Waals surface area contributed by atoms with E-state index in [0.717, 1.165) is 5.56 Å². The van der Waals surface area contributed by atoms with Crippen LogP contribution in [0, 0.1) is 0 Å². The zero-order chi connectivity index (χ0) is 43.7. The van der Waals surface area contributed by atoms with E-state index in [0.29, 0.717) is 38.8 Å². The minimum Gasteiger partial charge on any atom is -0.445 e. The Hall–Kier alpha value is -2.13. The molecule has 20 nitrogen and oxygen atoms in total. The van der Waals surface area contributed by atoms with Gasteiger partial charge in [0.15, 0.2) is 24.2 Å². The summed E-state index contributed by atoms with van der Waals surface area (Å²) >= 11 is 0. The van der Waals surface area contributed by atoms with Crippen LogP contribution >= 0.6 is 0 Å². The molecule has 6 aliphatic rings. The van der Waals surface area contributed by atoms with Gasteiger partial charge in [0.25, 0.3) is 0 Å². The molecule has 6 fully saturated rings. The van der Waals surface area contributed by atoms with E-state index in [4.69, 9.17) is 56.7 Å². The fraction of sp³-hybridized carbons (Fsp3) is 0.816. The number of carbonyl (C=O) groups excluding carboxylic acids is 1. The van der Waals surface area contributed by atoms with Gasteiger partial charge in [0.1, 0.15) is 43.2 Å². The number of carbonyl (C=O) groups is 1. The fourth-order valence-corrected chi connectivity index (χ4v) is 10.1. The Bertz CT molecular complexity index is 1820. The summed E-state index contributed by atoms with van der Waals surface area (Å²) in [7, 11) is -4.85. The van der Waals surface area contributed by atoms with Gasteiger partial charge in [-0.25, -0.2) is 4.79 Å². The highest BCUT2D eigenvalue weighted by atomic mass is 32.2. The standard InChI is InChI=1S/C23H34N2O9S.C15H28N2O7S/c1-22(2)33-18-17(32-20(29-4)19(18)34-22)15-31-35(27,28)25-12-10-23(3,11-13-25)24-21(26)30-14-16-8-6-5-7-9-16;1-14(2)23-11-10(22-13(20-4)12(11)24-14)9-21-25(18,19)17-7-5-15(3,16)6-8-17/h5-9,17-20H,10-15H2,1-4H3,(H,24,26);10-13H,5-9,16H2,1-4H3/t17-,18-,19-,20-;10-,11-,12-,13-/m11/s1. The number of rotatable bonds is 13.